The van der Waals surface area contributed by atoms with E-state index in [2.05, 4.69) is 11.1 Å². The van der Waals surface area contributed by atoms with Gasteiger partial charge in [0.15, 0.2) is 5.13 Å². The number of methoxy groups -OCH3 is 1. The summed E-state index contributed by atoms with van der Waals surface area (Å²) in [5, 5.41) is 5.54. The van der Waals surface area contributed by atoms with E-state index in [9.17, 15) is 4.79 Å². The lowest BCUT2D eigenvalue weighted by Gasteiger charge is -2.24. The highest BCUT2D eigenvalue weighted by Crippen LogP contribution is 2.35. The molecular weight excluding hydrogens is 434 g/mol. The number of anilines is 1. The Labute approximate surface area is 198 Å². The van der Waals surface area contributed by atoms with Gasteiger partial charge < -0.3 is 15.4 Å². The fourth-order valence-electron chi connectivity index (χ4n) is 5.07. The van der Waals surface area contributed by atoms with Crippen molar-refractivity contribution in [3.8, 4) is 17.0 Å². The number of nitrogens with two attached hydrogens (primary N) is 1. The molecule has 0 unspecified atom stereocenters. The molecule has 2 aromatic heterocycles. The number of nitrogen functional groups attached to an aromatic ring is 1. The van der Waals surface area contributed by atoms with E-state index in [4.69, 9.17) is 15.6 Å². The minimum Gasteiger partial charge on any atom is -0.497 e. The Hall–Kier alpha value is -2.87. The number of hydrogen-bond acceptors (Lipinski definition) is 6. The molecule has 7 nitrogen and oxygen atoms in total. The molecule has 3 aromatic rings. The lowest BCUT2D eigenvalue weighted by Crippen LogP contribution is -2.36. The summed E-state index contributed by atoms with van der Waals surface area (Å²) in [5.74, 6) is 1.39. The van der Waals surface area contributed by atoms with Gasteiger partial charge in [0, 0.05) is 48.0 Å². The first-order valence-electron chi connectivity index (χ1n) is 11.8. The van der Waals surface area contributed by atoms with Crippen LogP contribution in [0.5, 0.6) is 5.75 Å². The average Bonchev–Trinajstić information content (AvgIpc) is 3.36. The summed E-state index contributed by atoms with van der Waals surface area (Å²) in [6, 6.07) is 10.2. The number of thiazole rings is 1. The topological polar surface area (TPSA) is 86.3 Å². The van der Waals surface area contributed by atoms with Gasteiger partial charge in [-0.15, -0.1) is 11.3 Å². The van der Waals surface area contributed by atoms with Crippen molar-refractivity contribution in [3.63, 3.8) is 0 Å². The molecule has 0 bridgehead atoms. The van der Waals surface area contributed by atoms with Gasteiger partial charge in [-0.2, -0.15) is 5.10 Å². The molecule has 1 aromatic carbocycles. The first kappa shape index (κ1) is 21.9. The first-order chi connectivity index (χ1) is 16.1. The minimum atomic E-state index is 0.121. The zero-order chi connectivity index (χ0) is 22.8. The smallest absolute Gasteiger partial charge is 0.244 e. The molecule has 174 valence electrons. The maximum Gasteiger partial charge on any atom is 0.244 e. The number of nitrogens with zero attached hydrogens (tertiary/aromatic N) is 4. The van der Waals surface area contributed by atoms with Crippen molar-refractivity contribution >= 4 is 22.4 Å². The van der Waals surface area contributed by atoms with Gasteiger partial charge in [0.1, 0.15) is 12.3 Å². The van der Waals surface area contributed by atoms with Crippen LogP contribution in [0, 0.1) is 0 Å². The van der Waals surface area contributed by atoms with Gasteiger partial charge in [-0.1, -0.05) is 31.4 Å². The molecule has 0 spiro atoms. The van der Waals surface area contributed by atoms with Gasteiger partial charge in [-0.3, -0.25) is 9.48 Å². The Morgan fingerprint density at radius 1 is 1.18 bits per heavy atom. The van der Waals surface area contributed by atoms with Crippen LogP contribution >= 0.6 is 11.3 Å². The SMILES string of the molecule is COc1cccc(-c2cc(C3CCCCC3)n(CC(=O)N3CCc4nc(N)sc4CC3)n2)c1. The van der Waals surface area contributed by atoms with Crippen LogP contribution in [0.4, 0.5) is 5.13 Å². The van der Waals surface area contributed by atoms with Crippen molar-refractivity contribution in [2.75, 3.05) is 25.9 Å². The number of benzene rings is 1. The summed E-state index contributed by atoms with van der Waals surface area (Å²) in [7, 11) is 1.67. The van der Waals surface area contributed by atoms with E-state index in [1.807, 2.05) is 33.8 Å². The zero-order valence-electron chi connectivity index (χ0n) is 19.1. The van der Waals surface area contributed by atoms with Gasteiger partial charge >= 0.3 is 0 Å². The molecule has 8 heteroatoms. The molecule has 5 rings (SSSR count). The Kier molecular flexibility index (Phi) is 6.35. The third-order valence-electron chi connectivity index (χ3n) is 6.86. The molecule has 2 N–H and O–H groups in total. The summed E-state index contributed by atoms with van der Waals surface area (Å²) >= 11 is 1.55. The molecular formula is C25H31N5O2S. The number of hydrogen-bond donors (Lipinski definition) is 1. The number of rotatable bonds is 5. The molecule has 2 aliphatic rings. The molecule has 0 saturated heterocycles. The van der Waals surface area contributed by atoms with Crippen molar-refractivity contribution < 1.29 is 9.53 Å². The lowest BCUT2D eigenvalue weighted by molar-refractivity contribution is -0.132. The quantitative estimate of drug-likeness (QED) is 0.608. The third kappa shape index (κ3) is 4.76. The first-order valence-corrected chi connectivity index (χ1v) is 12.7. The molecule has 0 radical (unpaired) electrons. The third-order valence-corrected chi connectivity index (χ3v) is 7.85. The standard InChI is InChI=1S/C25H31N5O2S/c1-32-19-9-5-8-18(14-19)21-15-22(17-6-3-2-4-7-17)30(28-21)16-24(31)29-12-10-20-23(11-13-29)33-25(26)27-20/h5,8-9,14-15,17H,2-4,6-7,10-13,16H2,1H3,(H2,26,27). The Morgan fingerprint density at radius 3 is 2.82 bits per heavy atom. The summed E-state index contributed by atoms with van der Waals surface area (Å²) in [6.07, 6.45) is 7.68. The second kappa shape index (κ2) is 9.55. The van der Waals surface area contributed by atoms with Crippen LogP contribution in [-0.4, -0.2) is 45.8 Å². The van der Waals surface area contributed by atoms with E-state index in [0.29, 0.717) is 24.1 Å². The highest BCUT2D eigenvalue weighted by molar-refractivity contribution is 7.15. The van der Waals surface area contributed by atoms with Crippen LogP contribution in [-0.2, 0) is 24.2 Å². The van der Waals surface area contributed by atoms with E-state index in [1.165, 1.54) is 29.8 Å². The molecule has 3 heterocycles. The van der Waals surface area contributed by atoms with E-state index >= 15 is 0 Å². The minimum absolute atomic E-state index is 0.121. The molecule has 1 saturated carbocycles. The monoisotopic (exact) mass is 465 g/mol. The molecule has 1 aliphatic carbocycles. The van der Waals surface area contributed by atoms with Crippen LogP contribution in [0.3, 0.4) is 0 Å². The van der Waals surface area contributed by atoms with E-state index in [1.54, 1.807) is 18.4 Å². The number of ether oxygens (including phenoxy) is 1. The number of aromatic nitrogens is 3. The van der Waals surface area contributed by atoms with Crippen molar-refractivity contribution in [1.82, 2.24) is 19.7 Å². The second-order valence-electron chi connectivity index (χ2n) is 8.98. The lowest BCUT2D eigenvalue weighted by atomic mass is 9.86. The van der Waals surface area contributed by atoms with Gasteiger partial charge in [0.05, 0.1) is 18.5 Å². The predicted molar refractivity (Wildman–Crippen MR) is 131 cm³/mol. The van der Waals surface area contributed by atoms with Crippen molar-refractivity contribution in [2.45, 2.75) is 57.4 Å². The van der Waals surface area contributed by atoms with E-state index < -0.39 is 0 Å². The normalized spacial score (nSPS) is 16.9. The number of fused-ring (bicyclic) bond motifs is 1. The van der Waals surface area contributed by atoms with Gasteiger partial charge in [0.25, 0.3) is 0 Å². The van der Waals surface area contributed by atoms with Crippen molar-refractivity contribution in [1.29, 1.82) is 0 Å². The Bertz CT molecular complexity index is 1110. The van der Waals surface area contributed by atoms with Gasteiger partial charge in [-0.05, 0) is 31.0 Å². The average molecular weight is 466 g/mol. The number of amides is 1. The molecule has 33 heavy (non-hydrogen) atoms. The van der Waals surface area contributed by atoms with Crippen molar-refractivity contribution in [3.05, 3.63) is 46.6 Å². The molecule has 1 amide bonds. The maximum absolute atomic E-state index is 13.3. The zero-order valence-corrected chi connectivity index (χ0v) is 19.9. The van der Waals surface area contributed by atoms with E-state index in [0.717, 1.165) is 48.4 Å². The number of carbonyl (C=O) groups is 1. The molecule has 1 fully saturated rings. The molecule has 0 atom stereocenters. The summed E-state index contributed by atoms with van der Waals surface area (Å²) in [6.45, 7) is 1.66. The van der Waals surface area contributed by atoms with E-state index in [-0.39, 0.29) is 12.5 Å². The summed E-state index contributed by atoms with van der Waals surface area (Å²) in [5.41, 5.74) is 10.0. The van der Waals surface area contributed by atoms with Gasteiger partial charge in [-0.25, -0.2) is 4.98 Å². The van der Waals surface area contributed by atoms with Crippen LogP contribution in [0.2, 0.25) is 0 Å². The largest absolute Gasteiger partial charge is 0.497 e. The van der Waals surface area contributed by atoms with Crippen LogP contribution in [0.1, 0.15) is 54.3 Å². The highest BCUT2D eigenvalue weighted by Gasteiger charge is 2.25. The predicted octanol–water partition coefficient (Wildman–Crippen LogP) is 4.27. The number of carbonyl (C=O) groups excluding carboxylic acids is 1. The maximum atomic E-state index is 13.3. The van der Waals surface area contributed by atoms with Crippen LogP contribution in [0.15, 0.2) is 30.3 Å². The second-order valence-corrected chi connectivity index (χ2v) is 10.1. The van der Waals surface area contributed by atoms with Crippen LogP contribution in [0.25, 0.3) is 11.3 Å². The van der Waals surface area contributed by atoms with Crippen LogP contribution < -0.4 is 10.5 Å². The Balaban J connectivity index is 1.38. The highest BCUT2D eigenvalue weighted by atomic mass is 32.1. The fourth-order valence-corrected chi connectivity index (χ4v) is 5.94. The Morgan fingerprint density at radius 2 is 2.00 bits per heavy atom. The van der Waals surface area contributed by atoms with Crippen molar-refractivity contribution in [2.24, 2.45) is 0 Å². The molecule has 1 aliphatic heterocycles. The summed E-state index contributed by atoms with van der Waals surface area (Å²) in [4.78, 5) is 21.0. The fraction of sp³-hybridized carbons (Fsp3) is 0.480. The summed E-state index contributed by atoms with van der Waals surface area (Å²) < 4.78 is 7.37. The van der Waals surface area contributed by atoms with Gasteiger partial charge in [0.2, 0.25) is 5.91 Å².